The van der Waals surface area contributed by atoms with Crippen LogP contribution in [0.5, 0.6) is 0 Å². The number of rotatable bonds is 0. The van der Waals surface area contributed by atoms with Crippen molar-refractivity contribution in [2.45, 2.75) is 13.8 Å². The van der Waals surface area contributed by atoms with E-state index in [2.05, 4.69) is 4.98 Å². The number of fused-ring (bicyclic) bond motifs is 3. The van der Waals surface area contributed by atoms with E-state index in [0.717, 1.165) is 22.0 Å². The lowest BCUT2D eigenvalue weighted by Crippen LogP contribution is -2.03. The molecule has 21 heavy (non-hydrogen) atoms. The van der Waals surface area contributed by atoms with Gasteiger partial charge in [-0.2, -0.15) is 0 Å². The first-order chi connectivity index (χ1) is 10.1. The van der Waals surface area contributed by atoms with Crippen LogP contribution in [0.3, 0.4) is 0 Å². The largest absolute Gasteiger partial charge is 0.437 e. The molecule has 0 amide bonds. The van der Waals surface area contributed by atoms with Gasteiger partial charge in [0.2, 0.25) is 11.1 Å². The maximum atomic E-state index is 12.7. The van der Waals surface area contributed by atoms with E-state index in [1.165, 1.54) is 0 Å². The summed E-state index contributed by atoms with van der Waals surface area (Å²) in [6.07, 6.45) is 0. The van der Waals surface area contributed by atoms with Crippen molar-refractivity contribution in [1.82, 2.24) is 4.98 Å². The third kappa shape index (κ3) is 1.74. The molecule has 0 atom stereocenters. The molecule has 0 N–H and O–H groups in total. The Morgan fingerprint density at radius 3 is 2.71 bits per heavy atom. The average Bonchev–Trinajstić information content (AvgIpc) is 2.48. The van der Waals surface area contributed by atoms with Crippen molar-refractivity contribution in [1.29, 1.82) is 0 Å². The highest BCUT2D eigenvalue weighted by atomic mass is 16.3. The minimum atomic E-state index is -0.0224. The zero-order valence-corrected chi connectivity index (χ0v) is 11.8. The van der Waals surface area contributed by atoms with Gasteiger partial charge >= 0.3 is 0 Å². The Bertz CT molecular complexity index is 1080. The Hall–Kier alpha value is -2.68. The number of nitrogens with zero attached hydrogens (tertiary/aromatic N) is 1. The average molecular weight is 275 g/mol. The normalized spacial score (nSPS) is 11.5. The van der Waals surface area contributed by atoms with E-state index < -0.39 is 0 Å². The fourth-order valence-corrected chi connectivity index (χ4v) is 2.73. The fraction of sp³-hybridized carbons (Fsp3) is 0.111. The van der Waals surface area contributed by atoms with Gasteiger partial charge in [-0.3, -0.25) is 4.79 Å². The molecule has 0 fully saturated rings. The van der Waals surface area contributed by atoms with Gasteiger partial charge in [-0.1, -0.05) is 29.8 Å². The molecule has 0 spiro atoms. The Kier molecular flexibility index (Phi) is 2.39. The molecule has 4 aromatic rings. The molecule has 0 aliphatic heterocycles. The van der Waals surface area contributed by atoms with Gasteiger partial charge in [0.1, 0.15) is 5.58 Å². The lowest BCUT2D eigenvalue weighted by molar-refractivity contribution is 0.646. The van der Waals surface area contributed by atoms with Crippen LogP contribution in [-0.2, 0) is 0 Å². The zero-order chi connectivity index (χ0) is 14.6. The monoisotopic (exact) mass is 275 g/mol. The summed E-state index contributed by atoms with van der Waals surface area (Å²) in [4.78, 5) is 17.2. The third-order valence-electron chi connectivity index (χ3n) is 3.84. The van der Waals surface area contributed by atoms with Gasteiger partial charge in [-0.05, 0) is 37.6 Å². The number of aromatic nitrogens is 1. The van der Waals surface area contributed by atoms with Crippen molar-refractivity contribution in [2.75, 3.05) is 0 Å². The van der Waals surface area contributed by atoms with Crippen molar-refractivity contribution < 1.29 is 4.42 Å². The lowest BCUT2D eigenvalue weighted by Gasteiger charge is -2.05. The molecule has 2 heterocycles. The summed E-state index contributed by atoms with van der Waals surface area (Å²) in [5.74, 6) is 0. The second-order valence-corrected chi connectivity index (χ2v) is 5.42. The second kappa shape index (κ2) is 4.16. The van der Waals surface area contributed by atoms with Gasteiger partial charge < -0.3 is 4.42 Å². The molecule has 0 radical (unpaired) electrons. The van der Waals surface area contributed by atoms with Crippen LogP contribution >= 0.6 is 0 Å². The first-order valence-corrected chi connectivity index (χ1v) is 6.87. The van der Waals surface area contributed by atoms with Crippen LogP contribution in [0, 0.1) is 13.8 Å². The van der Waals surface area contributed by atoms with E-state index in [1.807, 2.05) is 56.3 Å². The summed E-state index contributed by atoms with van der Waals surface area (Å²) < 4.78 is 5.83. The summed E-state index contributed by atoms with van der Waals surface area (Å²) in [5, 5.41) is 2.10. The van der Waals surface area contributed by atoms with Gasteiger partial charge in [0, 0.05) is 5.39 Å². The highest BCUT2D eigenvalue weighted by Gasteiger charge is 2.11. The van der Waals surface area contributed by atoms with Crippen molar-refractivity contribution in [3.63, 3.8) is 0 Å². The summed E-state index contributed by atoms with van der Waals surface area (Å²) in [7, 11) is 0. The van der Waals surface area contributed by atoms with Crippen LogP contribution < -0.4 is 5.43 Å². The molecule has 3 nitrogen and oxygen atoms in total. The molecule has 2 aromatic carbocycles. The van der Waals surface area contributed by atoms with E-state index in [1.54, 1.807) is 0 Å². The van der Waals surface area contributed by atoms with Crippen LogP contribution in [-0.4, -0.2) is 4.98 Å². The molecule has 0 aliphatic rings. The lowest BCUT2D eigenvalue weighted by atomic mass is 10.1. The Labute approximate surface area is 120 Å². The molecule has 102 valence electrons. The third-order valence-corrected chi connectivity index (χ3v) is 3.84. The van der Waals surface area contributed by atoms with Crippen LogP contribution in [0.2, 0.25) is 0 Å². The van der Waals surface area contributed by atoms with Gasteiger partial charge in [0.25, 0.3) is 0 Å². The fourth-order valence-electron chi connectivity index (χ4n) is 2.73. The number of hydrogen-bond acceptors (Lipinski definition) is 3. The van der Waals surface area contributed by atoms with Gasteiger partial charge in [-0.25, -0.2) is 4.98 Å². The predicted molar refractivity (Wildman–Crippen MR) is 84.8 cm³/mol. The molecule has 0 unspecified atom stereocenters. The minimum Gasteiger partial charge on any atom is -0.437 e. The standard InChI is InChI=1S/C18H13NO2/c1-10-6-7-15-13(8-10)17(20)14-9-12-5-3-4-11(2)16(12)19-18(14)21-15/h3-9H,1-2H3. The van der Waals surface area contributed by atoms with Crippen LogP contribution in [0.25, 0.3) is 33.0 Å². The molecule has 0 aliphatic carbocycles. The number of aryl methyl sites for hydroxylation is 2. The molecule has 0 saturated heterocycles. The number of benzene rings is 2. The highest BCUT2D eigenvalue weighted by molar-refractivity contribution is 5.96. The van der Waals surface area contributed by atoms with E-state index in [4.69, 9.17) is 4.42 Å². The quantitative estimate of drug-likeness (QED) is 0.453. The molecule has 3 heteroatoms. The smallest absolute Gasteiger partial charge is 0.231 e. The maximum Gasteiger partial charge on any atom is 0.231 e. The van der Waals surface area contributed by atoms with Crippen molar-refractivity contribution in [2.24, 2.45) is 0 Å². The molecule has 2 aromatic heterocycles. The minimum absolute atomic E-state index is 0.0224. The summed E-state index contributed by atoms with van der Waals surface area (Å²) in [5.41, 5.74) is 3.95. The van der Waals surface area contributed by atoms with E-state index in [9.17, 15) is 4.79 Å². The summed E-state index contributed by atoms with van der Waals surface area (Å²) >= 11 is 0. The summed E-state index contributed by atoms with van der Waals surface area (Å²) in [6, 6.07) is 13.4. The first kappa shape index (κ1) is 12.1. The van der Waals surface area contributed by atoms with Gasteiger partial charge in [-0.15, -0.1) is 0 Å². The van der Waals surface area contributed by atoms with Gasteiger partial charge in [0.15, 0.2) is 0 Å². The Balaban J connectivity index is 2.25. The first-order valence-electron chi connectivity index (χ1n) is 6.87. The predicted octanol–water partition coefficient (Wildman–Crippen LogP) is 4.11. The van der Waals surface area contributed by atoms with Crippen molar-refractivity contribution >= 4 is 33.0 Å². The number of hydrogen-bond donors (Lipinski definition) is 0. The van der Waals surface area contributed by atoms with E-state index in [-0.39, 0.29) is 5.43 Å². The Morgan fingerprint density at radius 1 is 1.00 bits per heavy atom. The molecular weight excluding hydrogens is 262 g/mol. The maximum absolute atomic E-state index is 12.7. The van der Waals surface area contributed by atoms with Crippen LogP contribution in [0.4, 0.5) is 0 Å². The molecule has 4 rings (SSSR count). The molecule has 0 saturated carbocycles. The summed E-state index contributed by atoms with van der Waals surface area (Å²) in [6.45, 7) is 3.97. The SMILES string of the molecule is Cc1ccc2oc3nc4c(C)cccc4cc3c(=O)c2c1. The zero-order valence-electron chi connectivity index (χ0n) is 11.8. The van der Waals surface area contributed by atoms with Crippen molar-refractivity contribution in [3.05, 3.63) is 63.8 Å². The van der Waals surface area contributed by atoms with Gasteiger partial charge in [0.05, 0.1) is 16.3 Å². The van der Waals surface area contributed by atoms with E-state index in [0.29, 0.717) is 22.1 Å². The topological polar surface area (TPSA) is 43.1 Å². The number of para-hydroxylation sites is 1. The molecular formula is C18H13NO2. The second-order valence-electron chi connectivity index (χ2n) is 5.42. The van der Waals surface area contributed by atoms with E-state index >= 15 is 0 Å². The highest BCUT2D eigenvalue weighted by Crippen LogP contribution is 2.23. The van der Waals surface area contributed by atoms with Crippen molar-refractivity contribution in [3.8, 4) is 0 Å². The van der Waals surface area contributed by atoms with Crippen LogP contribution in [0.15, 0.2) is 51.7 Å². The Morgan fingerprint density at radius 2 is 1.86 bits per heavy atom. The number of pyridine rings is 1. The molecule has 0 bridgehead atoms. The van der Waals surface area contributed by atoms with Crippen LogP contribution in [0.1, 0.15) is 11.1 Å².